The maximum atomic E-state index is 12.7. The number of unbranched alkanes of at least 4 members (excludes halogenated alkanes) is 1. The maximum absolute atomic E-state index is 12.7. The maximum Gasteiger partial charge on any atom is 0.241 e. The van der Waals surface area contributed by atoms with Crippen LogP contribution in [0.5, 0.6) is 0 Å². The van der Waals surface area contributed by atoms with Crippen molar-refractivity contribution in [3.05, 3.63) is 110 Å². The third-order valence-electron chi connectivity index (χ3n) is 19.6. The number of aliphatic hydroxyl groups excluding tert-OH is 8. The fraction of sp³-hybridized carbons (Fsp3) is 0.507. The van der Waals surface area contributed by atoms with E-state index >= 15 is 0 Å². The molecular formula is C69H96N24O16. The van der Waals surface area contributed by atoms with Crippen molar-refractivity contribution >= 4 is 91.0 Å². The van der Waals surface area contributed by atoms with Crippen LogP contribution < -0.4 is 67.1 Å². The van der Waals surface area contributed by atoms with Gasteiger partial charge in [-0.05, 0) is 67.3 Å². The van der Waals surface area contributed by atoms with Crippen LogP contribution in [0.2, 0.25) is 0 Å². The summed E-state index contributed by atoms with van der Waals surface area (Å²) in [6.07, 6.45) is 5.56. The highest BCUT2D eigenvalue weighted by Gasteiger charge is 2.51. The lowest BCUT2D eigenvalue weighted by molar-refractivity contribution is -0.125. The van der Waals surface area contributed by atoms with Crippen molar-refractivity contribution in [2.45, 2.75) is 181 Å². The molecular weight excluding hydrogens is 1420 g/mol. The molecule has 5 aliphatic rings. The first-order chi connectivity index (χ1) is 52.3. The number of pyridine rings is 4. The van der Waals surface area contributed by atoms with Crippen LogP contribution in [0.3, 0.4) is 0 Å². The molecule has 28 N–H and O–H groups in total. The van der Waals surface area contributed by atoms with Gasteiger partial charge in [0.25, 0.3) is 0 Å². The van der Waals surface area contributed by atoms with Crippen molar-refractivity contribution < 1.29 is 79.0 Å². The molecule has 1 saturated carbocycles. The van der Waals surface area contributed by atoms with Crippen LogP contribution in [0.25, 0.3) is 44.7 Å². The number of nitrogens with zero attached hydrogens (tertiary/aromatic N) is 12. The molecule has 20 atom stereocenters. The number of carbonyl (C=O) groups is 4. The molecule has 4 aliphatic heterocycles. The number of aliphatic hydroxyl groups is 8. The van der Waals surface area contributed by atoms with Crippen molar-refractivity contribution in [2.75, 3.05) is 49.4 Å². The zero-order chi connectivity index (χ0) is 78.2. The van der Waals surface area contributed by atoms with E-state index < -0.39 is 154 Å². The second-order valence-corrected chi connectivity index (χ2v) is 27.7. The number of nitrogens with one attached hydrogen (secondary N) is 4. The quantitative estimate of drug-likeness (QED) is 0.0293. The number of aromatic nitrogens is 12. The fourth-order valence-electron chi connectivity index (χ4n) is 13.4. The van der Waals surface area contributed by atoms with Gasteiger partial charge in [0.05, 0.1) is 92.6 Å². The second kappa shape index (κ2) is 35.2. The Hall–Kier alpha value is -9.86. The summed E-state index contributed by atoms with van der Waals surface area (Å²) >= 11 is 0. The van der Waals surface area contributed by atoms with Gasteiger partial charge in [0, 0.05) is 24.8 Å². The fourth-order valence-corrected chi connectivity index (χ4v) is 13.4. The molecule has 14 rings (SSSR count). The second-order valence-electron chi connectivity index (χ2n) is 27.7. The zero-order valence-electron chi connectivity index (χ0n) is 59.9. The number of benzene rings is 1. The van der Waals surface area contributed by atoms with Crippen LogP contribution in [0.4, 0.5) is 22.7 Å². The Kier molecular flexibility index (Phi) is 25.9. The number of amides is 4. The van der Waals surface area contributed by atoms with Crippen molar-refractivity contribution in [1.82, 2.24) is 79.4 Å². The predicted molar refractivity (Wildman–Crippen MR) is 392 cm³/mol. The Labute approximate surface area is 622 Å². The van der Waals surface area contributed by atoms with Gasteiger partial charge in [0.2, 0.25) is 23.6 Å². The van der Waals surface area contributed by atoms with Gasteiger partial charge in [-0.3, -0.25) is 37.4 Å². The topological polar surface area (TPSA) is 646 Å². The SMILES string of the molecule is CC(C)CC(N)C(=O)N[C@H]1C(O)[C@@H](CO)O[C@H]1n1cnc2c(N)ccnc21.CCCCC(N)C(=O)N[C@H]1C(O)[C@@H](CO)O[C@H]1n1cnc2c(N)ccnc21.Nc1ccnc2c1ncn2[C@@H]1O[C@H](CO)C(O)[C@@H]1NC(=O)C(N)C1CC1.Nc1ccnc2c1ncn2[C@@H]1O[C@H](CO)C(O)[C@@H]1NC(=O)C(N)c1ccccc1. The summed E-state index contributed by atoms with van der Waals surface area (Å²) in [4.78, 5) is 84.2. The molecule has 8 unspecified atom stereocenters. The predicted octanol–water partition coefficient (Wildman–Crippen LogP) is -3.68. The third-order valence-corrected chi connectivity index (χ3v) is 19.6. The Morgan fingerprint density at radius 1 is 0.459 bits per heavy atom. The molecule has 0 radical (unpaired) electrons. The molecule has 40 heteroatoms. The molecule has 1 aromatic carbocycles. The summed E-state index contributed by atoms with van der Waals surface area (Å²) in [5.41, 5.74) is 53.8. The van der Waals surface area contributed by atoms with Crippen molar-refractivity contribution in [1.29, 1.82) is 0 Å². The van der Waals surface area contributed by atoms with E-state index in [-0.39, 0.29) is 30.3 Å². The number of carbonyl (C=O) groups excluding carboxylic acids is 4. The number of nitrogen functional groups attached to an aromatic ring is 4. The van der Waals surface area contributed by atoms with Gasteiger partial charge in [0.1, 0.15) is 101 Å². The van der Waals surface area contributed by atoms with E-state index in [2.05, 4.69) is 61.1 Å². The number of nitrogens with two attached hydrogens (primary N) is 8. The van der Waals surface area contributed by atoms with Crippen molar-refractivity contribution in [2.24, 2.45) is 34.8 Å². The van der Waals surface area contributed by atoms with Gasteiger partial charge in [-0.1, -0.05) is 63.9 Å². The third kappa shape index (κ3) is 17.3. The molecule has 0 bridgehead atoms. The number of imidazole rings is 4. The summed E-state index contributed by atoms with van der Waals surface area (Å²) in [6, 6.07) is 9.15. The summed E-state index contributed by atoms with van der Waals surface area (Å²) in [7, 11) is 0. The number of anilines is 4. The van der Waals surface area contributed by atoms with Gasteiger partial charge in [-0.25, -0.2) is 39.9 Å². The number of fused-ring (bicyclic) bond motifs is 4. The monoisotopic (exact) mass is 1520 g/mol. The number of hydrogen-bond acceptors (Lipinski definition) is 32. The first-order valence-electron chi connectivity index (χ1n) is 35.7. The summed E-state index contributed by atoms with van der Waals surface area (Å²) in [6.45, 7) is 4.36. The van der Waals surface area contributed by atoms with Crippen LogP contribution in [-0.4, -0.2) is 240 Å². The number of hydrogen-bond donors (Lipinski definition) is 20. The Morgan fingerprint density at radius 3 is 1.07 bits per heavy atom. The van der Waals surface area contributed by atoms with Crippen molar-refractivity contribution in [3.63, 3.8) is 0 Å². The molecule has 0 spiro atoms. The normalized spacial score (nSPS) is 26.9. The Morgan fingerprint density at radius 2 is 0.771 bits per heavy atom. The minimum atomic E-state index is -1.16. The van der Waals surface area contributed by atoms with E-state index in [1.165, 1.54) is 37.7 Å². The molecule has 4 saturated heterocycles. The van der Waals surface area contributed by atoms with E-state index in [0.29, 0.717) is 85.8 Å². The van der Waals surface area contributed by atoms with Crippen LogP contribution in [0.15, 0.2) is 105 Å². The average Bonchev–Trinajstić information content (AvgIpc) is 1.64. The minimum absolute atomic E-state index is 0.178. The standard InChI is InChI=1S/C19H22N6O4.2C17H26N6O4.C16H22N6O4/c20-11-6-7-22-17-14(11)23-9-25(17)19-15(16(27)12(8-26)29-19)24-18(28)13(21)10-4-2-1-3-5-10;1-8(2)5-10(19)16(26)22-13-14(25)11(6-24)27-17(13)23-7-21-12-9(18)3-4-20-15(12)23;1-2-3-4-10(19)16(26)22-13-14(25)11(7-24)27-17(13)23-8-21-12-9(18)5-6-20-15(12)23;17-8-3-4-19-14-11(8)20-6-22(14)16-12(13(24)9(5-23)26-16)21-15(25)10(18)7-1-2-7/h1-7,9,12-13,15-16,19,26-27H,8,21H2,(H2,20,22)(H,24,28);3-4,7-8,10-11,13-14,17,24-25H,5-6,19H2,1-2H3,(H2,18,20)(H,22,26);5-6,8,10-11,13-14,17,24-25H,2-4,7,19H2,1H3,(H2,18,20)(H,22,26);3-4,6-7,9-10,12-13,16,23-24H,1-2,5,18H2,(H2,17,19)(H,21,25)/t12-,13?,15+,16?,19-;2*10?,11-,13+,14?,17-;9-,10?,12+,13?,16-/m1111/s1. The Balaban J connectivity index is 0.000000144. The van der Waals surface area contributed by atoms with Gasteiger partial charge < -0.3 is 127 Å². The average molecular weight is 1520 g/mol. The highest BCUT2D eigenvalue weighted by atomic mass is 16.6. The van der Waals surface area contributed by atoms with E-state index in [0.717, 1.165) is 25.7 Å². The smallest absolute Gasteiger partial charge is 0.241 e. The van der Waals surface area contributed by atoms with Crippen LogP contribution >= 0.6 is 0 Å². The molecule has 1 aliphatic carbocycles. The lowest BCUT2D eigenvalue weighted by Gasteiger charge is -2.25. The first kappa shape index (κ1) is 80.2. The Bertz CT molecular complexity index is 4570. The van der Waals surface area contributed by atoms with Crippen LogP contribution in [0, 0.1) is 11.8 Å². The summed E-state index contributed by atoms with van der Waals surface area (Å²) in [5, 5.41) is 91.3. The van der Waals surface area contributed by atoms with E-state index in [4.69, 9.17) is 64.8 Å². The molecule has 8 aromatic heterocycles. The van der Waals surface area contributed by atoms with E-state index in [1.54, 1.807) is 79.2 Å². The minimum Gasteiger partial charge on any atom is -0.397 e. The number of rotatable bonds is 23. The van der Waals surface area contributed by atoms with Gasteiger partial charge in [0.15, 0.2) is 47.5 Å². The van der Waals surface area contributed by atoms with E-state index in [9.17, 15) is 60.0 Å². The van der Waals surface area contributed by atoms with Gasteiger partial charge in [-0.15, -0.1) is 0 Å². The number of ether oxygens (including phenoxy) is 4. The van der Waals surface area contributed by atoms with Gasteiger partial charge >= 0.3 is 0 Å². The zero-order valence-corrected chi connectivity index (χ0v) is 59.9. The molecule has 588 valence electrons. The summed E-state index contributed by atoms with van der Waals surface area (Å²) in [5.74, 6) is -1.17. The highest BCUT2D eigenvalue weighted by Crippen LogP contribution is 2.38. The lowest BCUT2D eigenvalue weighted by atomic mass is 10.0. The first-order valence-corrected chi connectivity index (χ1v) is 35.7. The largest absolute Gasteiger partial charge is 0.397 e. The molecule has 40 nitrogen and oxygen atoms in total. The van der Waals surface area contributed by atoms with Crippen LogP contribution in [0.1, 0.15) is 95.8 Å². The van der Waals surface area contributed by atoms with Gasteiger partial charge in [-0.2, -0.15) is 0 Å². The summed E-state index contributed by atoms with van der Waals surface area (Å²) < 4.78 is 29.5. The molecule has 9 aromatic rings. The molecule has 12 heterocycles. The molecule has 4 amide bonds. The molecule has 109 heavy (non-hydrogen) atoms. The van der Waals surface area contributed by atoms with Crippen LogP contribution in [-0.2, 0) is 38.1 Å². The van der Waals surface area contributed by atoms with Crippen molar-refractivity contribution in [3.8, 4) is 0 Å². The molecule has 5 fully saturated rings. The lowest BCUT2D eigenvalue weighted by Crippen LogP contribution is -2.52. The highest BCUT2D eigenvalue weighted by molar-refractivity contribution is 5.88. The van der Waals surface area contributed by atoms with E-state index in [1.807, 2.05) is 26.8 Å².